The van der Waals surface area contributed by atoms with Crippen molar-refractivity contribution in [3.63, 3.8) is 0 Å². The summed E-state index contributed by atoms with van der Waals surface area (Å²) < 4.78 is 4.56. The average molecular weight is 261 g/mol. The minimum absolute atomic E-state index is 0.00949. The Kier molecular flexibility index (Phi) is 4.20. The first-order valence-corrected chi connectivity index (χ1v) is 6.59. The maximum Gasteiger partial charge on any atom is 0.306 e. The Bertz CT molecular complexity index is 484. The number of nitrogens with zero attached hydrogens (tertiary/aromatic N) is 1. The predicted octanol–water partition coefficient (Wildman–Crippen LogP) is 2.48. The number of benzene rings is 1. The van der Waals surface area contributed by atoms with Crippen molar-refractivity contribution in [2.75, 3.05) is 18.6 Å². The van der Waals surface area contributed by atoms with Gasteiger partial charge in [0.25, 0.3) is 0 Å². The van der Waals surface area contributed by atoms with Crippen LogP contribution < -0.4 is 4.90 Å². The van der Waals surface area contributed by atoms with E-state index in [4.69, 9.17) is 0 Å². The van der Waals surface area contributed by atoms with Gasteiger partial charge in [0.1, 0.15) is 0 Å². The molecule has 2 rings (SSSR count). The first-order chi connectivity index (χ1) is 9.13. The molecule has 1 aliphatic rings. The number of ether oxygens (including phenoxy) is 1. The Labute approximate surface area is 113 Å². The van der Waals surface area contributed by atoms with E-state index < -0.39 is 0 Å². The standard InChI is InChI=1S/C15H19NO3/c1-11-9-10-16(13-6-4-3-5-12(11)13)14(17)7-8-15(18)19-2/h3-6,11H,7-10H2,1-2H3. The number of methoxy groups -OCH3 is 1. The number of hydrogen-bond donors (Lipinski definition) is 0. The second kappa shape index (κ2) is 5.87. The van der Waals surface area contributed by atoms with Gasteiger partial charge in [0, 0.05) is 18.7 Å². The Balaban J connectivity index is 2.11. The van der Waals surface area contributed by atoms with Crippen LogP contribution in [0.5, 0.6) is 0 Å². The molecule has 4 nitrogen and oxygen atoms in total. The van der Waals surface area contributed by atoms with Gasteiger partial charge in [-0.1, -0.05) is 25.1 Å². The van der Waals surface area contributed by atoms with E-state index in [1.165, 1.54) is 12.7 Å². The molecule has 0 aliphatic carbocycles. The molecule has 102 valence electrons. The monoisotopic (exact) mass is 261 g/mol. The van der Waals surface area contributed by atoms with E-state index in [1.54, 1.807) is 4.90 Å². The van der Waals surface area contributed by atoms with Gasteiger partial charge >= 0.3 is 5.97 Å². The third-order valence-electron chi connectivity index (χ3n) is 3.62. The summed E-state index contributed by atoms with van der Waals surface area (Å²) in [7, 11) is 1.34. The molecule has 1 unspecified atom stereocenters. The van der Waals surface area contributed by atoms with Crippen molar-refractivity contribution in [1.82, 2.24) is 0 Å². The second-order valence-corrected chi connectivity index (χ2v) is 4.87. The van der Waals surface area contributed by atoms with Crippen molar-refractivity contribution in [3.05, 3.63) is 29.8 Å². The van der Waals surface area contributed by atoms with Crippen molar-refractivity contribution >= 4 is 17.6 Å². The summed E-state index contributed by atoms with van der Waals surface area (Å²) in [5.74, 6) is 0.123. The van der Waals surface area contributed by atoms with Gasteiger partial charge in [-0.3, -0.25) is 9.59 Å². The number of esters is 1. The highest BCUT2D eigenvalue weighted by Gasteiger charge is 2.26. The van der Waals surface area contributed by atoms with Crippen molar-refractivity contribution in [3.8, 4) is 0 Å². The molecule has 19 heavy (non-hydrogen) atoms. The maximum absolute atomic E-state index is 12.2. The molecule has 1 aliphatic heterocycles. The third kappa shape index (κ3) is 2.95. The van der Waals surface area contributed by atoms with Crippen molar-refractivity contribution in [2.24, 2.45) is 0 Å². The fraction of sp³-hybridized carbons (Fsp3) is 0.467. The first-order valence-electron chi connectivity index (χ1n) is 6.59. The number of anilines is 1. The van der Waals surface area contributed by atoms with Crippen LogP contribution in [0, 0.1) is 0 Å². The minimum Gasteiger partial charge on any atom is -0.469 e. The van der Waals surface area contributed by atoms with Crippen LogP contribution in [0.1, 0.15) is 37.7 Å². The van der Waals surface area contributed by atoms with E-state index in [1.807, 2.05) is 18.2 Å². The summed E-state index contributed by atoms with van der Waals surface area (Å²) in [4.78, 5) is 25.1. The highest BCUT2D eigenvalue weighted by molar-refractivity contribution is 5.96. The van der Waals surface area contributed by atoms with E-state index in [0.717, 1.165) is 18.7 Å². The van der Waals surface area contributed by atoms with Crippen molar-refractivity contribution in [2.45, 2.75) is 32.1 Å². The lowest BCUT2D eigenvalue weighted by Crippen LogP contribution is -2.36. The van der Waals surface area contributed by atoms with E-state index in [2.05, 4.69) is 17.7 Å². The molecule has 0 fully saturated rings. The molecule has 0 radical (unpaired) electrons. The Morgan fingerprint density at radius 3 is 2.79 bits per heavy atom. The molecular weight excluding hydrogens is 242 g/mol. The summed E-state index contributed by atoms with van der Waals surface area (Å²) >= 11 is 0. The molecule has 0 saturated heterocycles. The van der Waals surface area contributed by atoms with E-state index in [0.29, 0.717) is 5.92 Å². The van der Waals surface area contributed by atoms with Gasteiger partial charge < -0.3 is 9.64 Å². The summed E-state index contributed by atoms with van der Waals surface area (Å²) in [6, 6.07) is 7.98. The summed E-state index contributed by atoms with van der Waals surface area (Å²) in [6.07, 6.45) is 1.31. The van der Waals surface area contributed by atoms with Crippen molar-refractivity contribution in [1.29, 1.82) is 0 Å². The molecule has 1 aromatic rings. The number of carbonyl (C=O) groups is 2. The zero-order valence-electron chi connectivity index (χ0n) is 11.4. The number of rotatable bonds is 3. The molecule has 1 aromatic carbocycles. The van der Waals surface area contributed by atoms with E-state index >= 15 is 0 Å². The SMILES string of the molecule is COC(=O)CCC(=O)N1CCC(C)c2ccccc21. The van der Waals surface area contributed by atoms with Gasteiger partial charge in [-0.05, 0) is 24.0 Å². The Morgan fingerprint density at radius 1 is 1.32 bits per heavy atom. The van der Waals surface area contributed by atoms with Crippen LogP contribution in [-0.2, 0) is 14.3 Å². The largest absolute Gasteiger partial charge is 0.469 e. The molecule has 1 atom stereocenters. The molecule has 0 saturated carbocycles. The van der Waals surface area contributed by atoms with Crippen LogP contribution in [0.15, 0.2) is 24.3 Å². The Morgan fingerprint density at radius 2 is 2.05 bits per heavy atom. The first kappa shape index (κ1) is 13.6. The number of amides is 1. The van der Waals surface area contributed by atoms with Gasteiger partial charge in [0.05, 0.1) is 13.5 Å². The number of fused-ring (bicyclic) bond motifs is 1. The maximum atomic E-state index is 12.2. The number of carbonyl (C=O) groups excluding carboxylic acids is 2. The fourth-order valence-corrected chi connectivity index (χ4v) is 2.45. The van der Waals surface area contributed by atoms with E-state index in [-0.39, 0.29) is 24.7 Å². The molecule has 0 bridgehead atoms. The highest BCUT2D eigenvalue weighted by Crippen LogP contribution is 2.34. The normalized spacial score (nSPS) is 17.8. The number of hydrogen-bond acceptors (Lipinski definition) is 3. The molecule has 0 spiro atoms. The van der Waals surface area contributed by atoms with Gasteiger partial charge in [0.2, 0.25) is 5.91 Å². The number of para-hydroxylation sites is 1. The topological polar surface area (TPSA) is 46.6 Å². The smallest absolute Gasteiger partial charge is 0.306 e. The highest BCUT2D eigenvalue weighted by atomic mass is 16.5. The van der Waals surface area contributed by atoms with Crippen molar-refractivity contribution < 1.29 is 14.3 Å². The Hall–Kier alpha value is -1.84. The zero-order valence-corrected chi connectivity index (χ0v) is 11.4. The molecule has 1 amide bonds. The molecule has 0 aromatic heterocycles. The molecular formula is C15H19NO3. The fourth-order valence-electron chi connectivity index (χ4n) is 2.45. The van der Waals surface area contributed by atoms with Gasteiger partial charge in [-0.15, -0.1) is 0 Å². The van der Waals surface area contributed by atoms with Gasteiger partial charge in [-0.2, -0.15) is 0 Å². The van der Waals surface area contributed by atoms with Crippen LogP contribution in [0.3, 0.4) is 0 Å². The predicted molar refractivity (Wildman–Crippen MR) is 73.1 cm³/mol. The lowest BCUT2D eigenvalue weighted by molar-refractivity contribution is -0.141. The van der Waals surface area contributed by atoms with Crippen LogP contribution in [0.2, 0.25) is 0 Å². The van der Waals surface area contributed by atoms with Crippen LogP contribution in [0.25, 0.3) is 0 Å². The summed E-state index contributed by atoms with van der Waals surface area (Å²) in [6.45, 7) is 2.90. The molecule has 4 heteroatoms. The van der Waals surface area contributed by atoms with Crippen LogP contribution in [0.4, 0.5) is 5.69 Å². The average Bonchev–Trinajstić information content (AvgIpc) is 2.45. The van der Waals surface area contributed by atoms with Gasteiger partial charge in [-0.25, -0.2) is 0 Å². The van der Waals surface area contributed by atoms with E-state index in [9.17, 15) is 9.59 Å². The van der Waals surface area contributed by atoms with Crippen LogP contribution in [-0.4, -0.2) is 25.5 Å². The summed E-state index contributed by atoms with van der Waals surface area (Å²) in [5.41, 5.74) is 2.19. The lowest BCUT2D eigenvalue weighted by atomic mass is 9.91. The van der Waals surface area contributed by atoms with Crippen LogP contribution >= 0.6 is 0 Å². The summed E-state index contributed by atoms with van der Waals surface area (Å²) in [5, 5.41) is 0. The zero-order chi connectivity index (χ0) is 13.8. The second-order valence-electron chi connectivity index (χ2n) is 4.87. The van der Waals surface area contributed by atoms with Gasteiger partial charge in [0.15, 0.2) is 0 Å². The quantitative estimate of drug-likeness (QED) is 0.785. The lowest BCUT2D eigenvalue weighted by Gasteiger charge is -2.33. The third-order valence-corrected chi connectivity index (χ3v) is 3.62. The minimum atomic E-state index is -0.341. The molecule has 1 heterocycles. The molecule has 0 N–H and O–H groups in total.